The molecule has 1 aliphatic carbocycles. The van der Waals surface area contributed by atoms with Crippen LogP contribution < -0.4 is 5.56 Å². The summed E-state index contributed by atoms with van der Waals surface area (Å²) in [5.74, 6) is 0. The Bertz CT molecular complexity index is 1000. The molecule has 26 heavy (non-hydrogen) atoms. The average molecular weight is 364 g/mol. The molecule has 1 N–H and O–H groups in total. The predicted octanol–water partition coefficient (Wildman–Crippen LogP) is 4.10. The zero-order chi connectivity index (χ0) is 17.9. The molecule has 3 heterocycles. The van der Waals surface area contributed by atoms with Crippen LogP contribution in [0.2, 0.25) is 0 Å². The molecule has 3 aromatic rings. The van der Waals surface area contributed by atoms with E-state index in [4.69, 9.17) is 4.99 Å². The summed E-state index contributed by atoms with van der Waals surface area (Å²) in [6, 6.07) is 5.83. The lowest BCUT2D eigenvalue weighted by Crippen LogP contribution is -2.21. The van der Waals surface area contributed by atoms with Crippen molar-refractivity contribution in [3.05, 3.63) is 57.6 Å². The maximum absolute atomic E-state index is 12.6. The topological polar surface area (TPSA) is 71.0 Å². The monoisotopic (exact) mass is 364 g/mol. The minimum atomic E-state index is -0.0730. The normalized spacial score (nSPS) is 15.2. The first-order valence-electron chi connectivity index (χ1n) is 8.92. The number of fused-ring (bicyclic) bond motifs is 1. The van der Waals surface area contributed by atoms with E-state index in [2.05, 4.69) is 21.9 Å². The molecule has 1 aliphatic rings. The number of pyridine rings is 2. The van der Waals surface area contributed by atoms with Crippen molar-refractivity contribution in [3.8, 4) is 21.8 Å². The highest BCUT2D eigenvalue weighted by molar-refractivity contribution is 7.13. The van der Waals surface area contributed by atoms with E-state index < -0.39 is 0 Å². The Morgan fingerprint density at radius 2 is 2.08 bits per heavy atom. The van der Waals surface area contributed by atoms with Gasteiger partial charge in [-0.2, -0.15) is 0 Å². The van der Waals surface area contributed by atoms with Crippen molar-refractivity contribution in [2.45, 2.75) is 32.6 Å². The molecule has 0 bridgehead atoms. The van der Waals surface area contributed by atoms with E-state index in [0.29, 0.717) is 5.56 Å². The molecule has 0 aromatic carbocycles. The quantitative estimate of drug-likeness (QED) is 0.758. The predicted molar refractivity (Wildman–Crippen MR) is 106 cm³/mol. The molecular weight excluding hydrogens is 344 g/mol. The number of aryl methyl sites for hydroxylation is 1. The van der Waals surface area contributed by atoms with Crippen LogP contribution in [0.5, 0.6) is 0 Å². The third kappa shape index (κ3) is 3.24. The SMILES string of the molecule is CCC/N=C1\CCCc2[nH]c(=O)c(-c3nc(-c4ccncc4)cs3)cc21. The number of aromatic amines is 1. The van der Waals surface area contributed by atoms with Crippen LogP contribution in [0.1, 0.15) is 37.4 Å². The minimum Gasteiger partial charge on any atom is -0.325 e. The van der Waals surface area contributed by atoms with Gasteiger partial charge in [0.15, 0.2) is 0 Å². The van der Waals surface area contributed by atoms with Crippen molar-refractivity contribution in [2.24, 2.45) is 4.99 Å². The van der Waals surface area contributed by atoms with Crippen LogP contribution in [0, 0.1) is 0 Å². The van der Waals surface area contributed by atoms with E-state index in [-0.39, 0.29) is 5.56 Å². The lowest BCUT2D eigenvalue weighted by atomic mass is 9.93. The van der Waals surface area contributed by atoms with Crippen LogP contribution in [-0.4, -0.2) is 27.2 Å². The second-order valence-corrected chi connectivity index (χ2v) is 7.22. The first-order valence-corrected chi connectivity index (χ1v) is 9.80. The molecule has 5 nitrogen and oxygen atoms in total. The standard InChI is InChI=1S/C20H20N4OS/c1-2-8-22-16-4-3-5-17-14(16)11-15(19(25)23-17)20-24-18(12-26-20)13-6-9-21-10-7-13/h6-7,9-12H,2-5,8H2,1H3,(H,23,25)/b22-16+. The van der Waals surface area contributed by atoms with Crippen LogP contribution >= 0.6 is 11.3 Å². The first kappa shape index (κ1) is 16.8. The van der Waals surface area contributed by atoms with Crippen molar-refractivity contribution in [1.29, 1.82) is 0 Å². The third-order valence-corrected chi connectivity index (χ3v) is 5.39. The van der Waals surface area contributed by atoms with E-state index in [1.165, 1.54) is 11.3 Å². The summed E-state index contributed by atoms with van der Waals surface area (Å²) in [5, 5.41) is 2.72. The Kier molecular flexibility index (Phi) is 4.75. The van der Waals surface area contributed by atoms with Crippen LogP contribution in [-0.2, 0) is 6.42 Å². The number of thiazole rings is 1. The highest BCUT2D eigenvalue weighted by Gasteiger charge is 2.20. The van der Waals surface area contributed by atoms with Crippen LogP contribution in [0.15, 0.2) is 45.8 Å². The van der Waals surface area contributed by atoms with Crippen LogP contribution in [0.25, 0.3) is 21.8 Å². The van der Waals surface area contributed by atoms with Crippen molar-refractivity contribution in [2.75, 3.05) is 6.54 Å². The molecular formula is C20H20N4OS. The van der Waals surface area contributed by atoms with Gasteiger partial charge in [-0.05, 0) is 43.9 Å². The van der Waals surface area contributed by atoms with E-state index in [1.54, 1.807) is 12.4 Å². The summed E-state index contributed by atoms with van der Waals surface area (Å²) in [6.45, 7) is 2.95. The van der Waals surface area contributed by atoms with Crippen LogP contribution in [0.4, 0.5) is 0 Å². The number of nitrogens with one attached hydrogen (secondary N) is 1. The van der Waals surface area contributed by atoms with E-state index in [0.717, 1.165) is 65.5 Å². The molecule has 0 spiro atoms. The Morgan fingerprint density at radius 1 is 1.23 bits per heavy atom. The summed E-state index contributed by atoms with van der Waals surface area (Å²) < 4.78 is 0. The second-order valence-electron chi connectivity index (χ2n) is 6.36. The molecule has 0 aliphatic heterocycles. The van der Waals surface area contributed by atoms with Gasteiger partial charge in [0.05, 0.1) is 11.3 Å². The Morgan fingerprint density at radius 3 is 2.88 bits per heavy atom. The maximum atomic E-state index is 12.6. The van der Waals surface area contributed by atoms with E-state index >= 15 is 0 Å². The Balaban J connectivity index is 1.76. The van der Waals surface area contributed by atoms with Gasteiger partial charge in [-0.15, -0.1) is 11.3 Å². The molecule has 0 radical (unpaired) electrons. The molecule has 0 saturated heterocycles. The third-order valence-electron chi connectivity index (χ3n) is 4.51. The molecule has 0 unspecified atom stereocenters. The molecule has 0 amide bonds. The minimum absolute atomic E-state index is 0.0730. The summed E-state index contributed by atoms with van der Waals surface area (Å²) >= 11 is 1.49. The fourth-order valence-electron chi connectivity index (χ4n) is 3.21. The number of H-pyrrole nitrogens is 1. The van der Waals surface area contributed by atoms with Crippen molar-refractivity contribution < 1.29 is 0 Å². The second kappa shape index (κ2) is 7.33. The highest BCUT2D eigenvalue weighted by Crippen LogP contribution is 2.29. The van der Waals surface area contributed by atoms with Gasteiger partial charge in [0.2, 0.25) is 0 Å². The number of hydrogen-bond acceptors (Lipinski definition) is 5. The molecule has 0 saturated carbocycles. The van der Waals surface area contributed by atoms with Gasteiger partial charge in [-0.3, -0.25) is 14.8 Å². The van der Waals surface area contributed by atoms with E-state index in [9.17, 15) is 4.79 Å². The average Bonchev–Trinajstić information content (AvgIpc) is 3.16. The number of aliphatic imine (C=N–C) groups is 1. The number of aromatic nitrogens is 3. The smallest absolute Gasteiger partial charge is 0.258 e. The number of hydrogen-bond donors (Lipinski definition) is 1. The highest BCUT2D eigenvalue weighted by atomic mass is 32.1. The molecule has 4 rings (SSSR count). The van der Waals surface area contributed by atoms with E-state index in [1.807, 2.05) is 23.6 Å². The van der Waals surface area contributed by atoms with Gasteiger partial charge in [0.25, 0.3) is 5.56 Å². The van der Waals surface area contributed by atoms with Gasteiger partial charge in [0.1, 0.15) is 5.01 Å². The van der Waals surface area contributed by atoms with Crippen molar-refractivity contribution >= 4 is 17.0 Å². The van der Waals surface area contributed by atoms with Gasteiger partial charge < -0.3 is 4.98 Å². The largest absolute Gasteiger partial charge is 0.325 e. The molecule has 3 aromatic heterocycles. The van der Waals surface area contributed by atoms with Gasteiger partial charge in [-0.25, -0.2) is 4.98 Å². The summed E-state index contributed by atoms with van der Waals surface area (Å²) in [7, 11) is 0. The molecule has 0 fully saturated rings. The number of nitrogens with zero attached hydrogens (tertiary/aromatic N) is 3. The maximum Gasteiger partial charge on any atom is 0.258 e. The number of rotatable bonds is 4. The fraction of sp³-hybridized carbons (Fsp3) is 0.300. The Labute approximate surface area is 155 Å². The van der Waals surface area contributed by atoms with Crippen molar-refractivity contribution in [1.82, 2.24) is 15.0 Å². The van der Waals surface area contributed by atoms with Crippen molar-refractivity contribution in [3.63, 3.8) is 0 Å². The molecule has 0 atom stereocenters. The zero-order valence-electron chi connectivity index (χ0n) is 14.7. The first-order chi connectivity index (χ1) is 12.8. The molecule has 6 heteroatoms. The Hall–Kier alpha value is -2.60. The van der Waals surface area contributed by atoms with Gasteiger partial charge in [0, 0.05) is 46.9 Å². The van der Waals surface area contributed by atoms with Gasteiger partial charge in [-0.1, -0.05) is 6.92 Å². The fourth-order valence-corrected chi connectivity index (χ4v) is 4.05. The lowest BCUT2D eigenvalue weighted by Gasteiger charge is -2.18. The summed E-state index contributed by atoms with van der Waals surface area (Å²) in [5.41, 5.74) is 5.62. The lowest BCUT2D eigenvalue weighted by molar-refractivity contribution is 0.795. The zero-order valence-corrected chi connectivity index (χ0v) is 15.5. The summed E-state index contributed by atoms with van der Waals surface area (Å²) in [6.07, 6.45) is 7.42. The molecule has 132 valence electrons. The summed E-state index contributed by atoms with van der Waals surface area (Å²) in [4.78, 5) is 29.1. The van der Waals surface area contributed by atoms with Crippen LogP contribution in [0.3, 0.4) is 0 Å². The van der Waals surface area contributed by atoms with Gasteiger partial charge >= 0.3 is 0 Å².